The zero-order chi connectivity index (χ0) is 42.7. The van der Waals surface area contributed by atoms with Crippen LogP contribution in [0.2, 0.25) is 0 Å². The fourth-order valence-electron chi connectivity index (χ4n) is 8.82. The molecular formula is C44H55N6O9PS. The summed E-state index contributed by atoms with van der Waals surface area (Å²) in [6.07, 6.45) is 10.8. The number of allylic oxidation sites excluding steroid dienone is 1. The third-order valence-corrected chi connectivity index (χ3v) is 15.5. The Morgan fingerprint density at radius 3 is 2.67 bits per heavy atom. The molecule has 3 aromatic heterocycles. The molecule has 2 saturated carbocycles. The number of alkyl carbamates (subject to hydrolysis) is 1. The maximum atomic E-state index is 14.8. The minimum Gasteiger partial charge on any atom is -0.497 e. The standard InChI is InChI=1S/C44H55N6O9PS/c1-27(2)45-42-47-37(26-61-42)36-22-39(33-18-17-30(56-3)20-35(33)46-36)58-32-21-38-40(51)49-44(60(54,55)25-31-15-11-19-57-31)23-28(44)12-7-5-4-6-8-16-34(41(52)50(38)24-32)48-43(53)59-29-13-9-10-14-29/h7,11-12,15,17-20,22,26-29,32,34,38H,4-6,8-10,13-14,16,21,23-25H2,1-3H3,(H,45,47)(H,48,53)(H,49,51)(H,54,55)/b12-7-/t28-,32+,34-,38-,44-/m0/s1. The number of aromatic nitrogens is 2. The lowest BCUT2D eigenvalue weighted by molar-refractivity contribution is -0.140. The van der Waals surface area contributed by atoms with Gasteiger partial charge >= 0.3 is 6.09 Å². The van der Waals surface area contributed by atoms with Crippen LogP contribution in [0.15, 0.2) is 64.6 Å². The first-order valence-electron chi connectivity index (χ1n) is 21.4. The maximum absolute atomic E-state index is 14.8. The smallest absolute Gasteiger partial charge is 0.408 e. The molecule has 3 amide bonds. The van der Waals surface area contributed by atoms with Crippen LogP contribution in [0.25, 0.3) is 22.3 Å². The van der Waals surface area contributed by atoms with E-state index >= 15 is 0 Å². The zero-order valence-electron chi connectivity index (χ0n) is 34.8. The van der Waals surface area contributed by atoms with E-state index < -0.39 is 48.7 Å². The van der Waals surface area contributed by atoms with Crippen LogP contribution in [0.4, 0.5) is 9.93 Å². The monoisotopic (exact) mass is 874 g/mol. The van der Waals surface area contributed by atoms with Gasteiger partial charge in [0.05, 0.1) is 37.3 Å². The fourth-order valence-corrected chi connectivity index (χ4v) is 11.9. The van der Waals surface area contributed by atoms with E-state index in [1.807, 2.05) is 55.6 Å². The molecule has 0 radical (unpaired) electrons. The van der Waals surface area contributed by atoms with Gasteiger partial charge in [-0.2, -0.15) is 0 Å². The summed E-state index contributed by atoms with van der Waals surface area (Å²) >= 11 is 1.47. The number of hydrogen-bond donors (Lipinski definition) is 4. The number of amides is 3. The minimum atomic E-state index is -4.12. The Morgan fingerprint density at radius 1 is 1.08 bits per heavy atom. The third-order valence-electron chi connectivity index (χ3n) is 12.1. The zero-order valence-corrected chi connectivity index (χ0v) is 36.6. The number of carbonyl (C=O) groups excluding carboxylic acids is 3. The van der Waals surface area contributed by atoms with Gasteiger partial charge in [-0.1, -0.05) is 25.0 Å². The van der Waals surface area contributed by atoms with Gasteiger partial charge in [-0.25, -0.2) is 14.8 Å². The molecule has 15 nitrogen and oxygen atoms in total. The number of thiazole rings is 1. The van der Waals surface area contributed by atoms with Crippen LogP contribution in [-0.2, 0) is 25.1 Å². The second kappa shape index (κ2) is 18.2. The summed E-state index contributed by atoms with van der Waals surface area (Å²) in [5, 5.41) is 11.1. The lowest BCUT2D eigenvalue weighted by atomic mass is 10.0. The van der Waals surface area contributed by atoms with Crippen LogP contribution in [-0.4, -0.2) is 86.9 Å². The Hall–Kier alpha value is -4.92. The van der Waals surface area contributed by atoms with E-state index in [1.165, 1.54) is 22.5 Å². The summed E-state index contributed by atoms with van der Waals surface area (Å²) in [7, 11) is -2.54. The van der Waals surface area contributed by atoms with Crippen molar-refractivity contribution in [3.05, 3.63) is 66.0 Å². The molecule has 61 heavy (non-hydrogen) atoms. The largest absolute Gasteiger partial charge is 0.497 e. The molecule has 0 spiro atoms. The van der Waals surface area contributed by atoms with Crippen LogP contribution < -0.4 is 25.4 Å². The van der Waals surface area contributed by atoms with Crippen molar-refractivity contribution in [1.82, 2.24) is 25.5 Å². The lowest BCUT2D eigenvalue weighted by Crippen LogP contribution is -2.55. The van der Waals surface area contributed by atoms with E-state index in [0.29, 0.717) is 52.4 Å². The van der Waals surface area contributed by atoms with Gasteiger partial charge < -0.3 is 44.4 Å². The van der Waals surface area contributed by atoms with Crippen molar-refractivity contribution in [2.45, 2.75) is 126 Å². The van der Waals surface area contributed by atoms with Crippen molar-refractivity contribution in [3.8, 4) is 22.9 Å². The van der Waals surface area contributed by atoms with E-state index in [0.717, 1.165) is 50.1 Å². The van der Waals surface area contributed by atoms with Crippen molar-refractivity contribution < 1.29 is 42.5 Å². The number of fused-ring (bicyclic) bond motifs is 3. The predicted octanol–water partition coefficient (Wildman–Crippen LogP) is 7.99. The molecule has 8 rings (SSSR count). The number of carbonyl (C=O) groups is 3. The van der Waals surface area contributed by atoms with E-state index in [-0.39, 0.29) is 43.6 Å². The maximum Gasteiger partial charge on any atom is 0.408 e. The number of nitrogens with one attached hydrogen (secondary N) is 3. The number of rotatable bonds is 11. The van der Waals surface area contributed by atoms with Gasteiger partial charge in [0, 0.05) is 41.3 Å². The third kappa shape index (κ3) is 9.61. The summed E-state index contributed by atoms with van der Waals surface area (Å²) in [5.74, 6) is 0.0411. The van der Waals surface area contributed by atoms with Gasteiger partial charge in [0.15, 0.2) is 5.13 Å². The first-order valence-corrected chi connectivity index (χ1v) is 24.1. The van der Waals surface area contributed by atoms with Crippen LogP contribution in [0.5, 0.6) is 11.5 Å². The summed E-state index contributed by atoms with van der Waals surface area (Å²) in [4.78, 5) is 65.7. The van der Waals surface area contributed by atoms with Gasteiger partial charge in [-0.3, -0.25) is 14.2 Å². The average molecular weight is 875 g/mol. The molecule has 1 saturated heterocycles. The van der Waals surface area contributed by atoms with Crippen molar-refractivity contribution in [3.63, 3.8) is 0 Å². The highest BCUT2D eigenvalue weighted by molar-refractivity contribution is 7.59. The first-order chi connectivity index (χ1) is 29.4. The number of furan rings is 1. The average Bonchev–Trinajstić information content (AvgIpc) is 3.86. The quantitative estimate of drug-likeness (QED) is 0.0840. The number of anilines is 1. The van der Waals surface area contributed by atoms with Gasteiger partial charge in [-0.05, 0) is 89.5 Å². The summed E-state index contributed by atoms with van der Waals surface area (Å²) in [5.41, 5.74) is 1.83. The van der Waals surface area contributed by atoms with Gasteiger partial charge in [0.25, 0.3) is 0 Å². The minimum absolute atomic E-state index is 0.0146. The van der Waals surface area contributed by atoms with Crippen molar-refractivity contribution in [1.29, 1.82) is 0 Å². The van der Waals surface area contributed by atoms with Crippen LogP contribution >= 0.6 is 18.7 Å². The highest BCUT2D eigenvalue weighted by atomic mass is 32.1. The summed E-state index contributed by atoms with van der Waals surface area (Å²) in [6, 6.07) is 8.75. The molecule has 4 N–H and O–H groups in total. The SMILES string of the molecule is COc1ccc2c(O[C@@H]3C[C@H]4C(=O)N[C@]5(P(=O)(O)Cc6ccco6)C[C@@H]5/C=C\CCCCC[C@H](NC(=O)OC5CCCC5)C(=O)N4C3)cc(-c3csc(NC(C)C)n3)nc2c1. The molecule has 5 heterocycles. The highest BCUT2D eigenvalue weighted by Crippen LogP contribution is 2.71. The lowest BCUT2D eigenvalue weighted by Gasteiger charge is -2.31. The summed E-state index contributed by atoms with van der Waals surface area (Å²) < 4.78 is 37.9. The second-order valence-electron chi connectivity index (χ2n) is 16.9. The molecule has 6 atom stereocenters. The molecule has 3 fully saturated rings. The number of benzene rings is 1. The van der Waals surface area contributed by atoms with Gasteiger partial charge in [0.1, 0.15) is 52.5 Å². The number of pyridine rings is 1. The Morgan fingerprint density at radius 2 is 1.90 bits per heavy atom. The normalized spacial score (nSPS) is 26.3. The molecule has 4 aromatic rings. The topological polar surface area (TPSA) is 194 Å². The molecule has 326 valence electrons. The molecular weight excluding hydrogens is 820 g/mol. The van der Waals surface area contributed by atoms with Crippen LogP contribution in [0.3, 0.4) is 0 Å². The van der Waals surface area contributed by atoms with E-state index in [1.54, 1.807) is 19.2 Å². The van der Waals surface area contributed by atoms with Crippen molar-refractivity contribution >= 4 is 52.6 Å². The van der Waals surface area contributed by atoms with Crippen molar-refractivity contribution in [2.75, 3.05) is 19.0 Å². The molecule has 0 bridgehead atoms. The fraction of sp³-hybridized carbons (Fsp3) is 0.523. The number of ether oxygens (including phenoxy) is 3. The van der Waals surface area contributed by atoms with Gasteiger partial charge in [0.2, 0.25) is 19.2 Å². The van der Waals surface area contributed by atoms with Crippen molar-refractivity contribution in [2.24, 2.45) is 5.92 Å². The van der Waals surface area contributed by atoms with E-state index in [4.69, 9.17) is 28.6 Å². The number of nitrogens with zero attached hydrogens (tertiary/aromatic N) is 3. The van der Waals surface area contributed by atoms with Crippen LogP contribution in [0.1, 0.15) is 90.2 Å². The Kier molecular flexibility index (Phi) is 12.8. The molecule has 1 aromatic carbocycles. The first kappa shape index (κ1) is 42.8. The Labute approximate surface area is 359 Å². The van der Waals surface area contributed by atoms with Gasteiger partial charge in [-0.15, -0.1) is 11.3 Å². The number of hydrogen-bond acceptors (Lipinski definition) is 12. The van der Waals surface area contributed by atoms with E-state index in [2.05, 4.69) is 16.0 Å². The molecule has 2 aliphatic carbocycles. The molecule has 1 unspecified atom stereocenters. The molecule has 4 aliphatic rings. The molecule has 2 aliphatic heterocycles. The Bertz CT molecular complexity index is 2290. The number of methoxy groups -OCH3 is 1. The second-order valence-corrected chi connectivity index (χ2v) is 20.3. The van der Waals surface area contributed by atoms with E-state index in [9.17, 15) is 23.8 Å². The Balaban J connectivity index is 1.13. The molecule has 17 heteroatoms. The van der Waals surface area contributed by atoms with Crippen LogP contribution in [0, 0.1) is 5.92 Å². The summed E-state index contributed by atoms with van der Waals surface area (Å²) in [6.45, 7) is 4.09. The highest BCUT2D eigenvalue weighted by Gasteiger charge is 2.66. The predicted molar refractivity (Wildman–Crippen MR) is 232 cm³/mol.